The van der Waals surface area contributed by atoms with Gasteiger partial charge in [-0.2, -0.15) is 0 Å². The highest BCUT2D eigenvalue weighted by Crippen LogP contribution is 2.16. The van der Waals surface area contributed by atoms with Crippen LogP contribution in [-0.4, -0.2) is 39.2 Å². The molecular formula is C13H17NO5S. The van der Waals surface area contributed by atoms with E-state index in [4.69, 9.17) is 4.74 Å². The molecule has 0 bridgehead atoms. The van der Waals surface area contributed by atoms with E-state index in [1.807, 2.05) is 0 Å². The molecule has 6 nitrogen and oxygen atoms in total. The van der Waals surface area contributed by atoms with Gasteiger partial charge in [-0.15, -0.1) is 0 Å². The van der Waals surface area contributed by atoms with Gasteiger partial charge in [0, 0.05) is 12.8 Å². The van der Waals surface area contributed by atoms with Crippen molar-refractivity contribution in [2.45, 2.75) is 24.8 Å². The van der Waals surface area contributed by atoms with Crippen molar-refractivity contribution in [2.75, 3.05) is 12.8 Å². The van der Waals surface area contributed by atoms with Gasteiger partial charge in [0.25, 0.3) is 5.91 Å². The first-order chi connectivity index (χ1) is 9.27. The molecule has 110 valence electrons. The van der Waals surface area contributed by atoms with Gasteiger partial charge in [-0.25, -0.2) is 13.2 Å². The molecule has 0 unspecified atom stereocenters. The summed E-state index contributed by atoms with van der Waals surface area (Å²) in [6.07, 6.45) is 0.0156. The number of carbonyl (C=O) groups is 2. The standard InChI is InChI=1S/C13H17NO5S/c1-4-14-12(15)9(2)19-13(16)10-7-5-6-8-11(10)20(3,17)18/h5-9H,4H2,1-3H3,(H,14,15)/t9-/m0/s1. The molecule has 0 aromatic heterocycles. The third kappa shape index (κ3) is 4.06. The van der Waals surface area contributed by atoms with Gasteiger partial charge in [-0.05, 0) is 26.0 Å². The monoisotopic (exact) mass is 299 g/mol. The molecule has 1 N–H and O–H groups in total. The van der Waals surface area contributed by atoms with Gasteiger partial charge >= 0.3 is 5.97 Å². The van der Waals surface area contributed by atoms with Gasteiger partial charge in [0.15, 0.2) is 15.9 Å². The number of sulfone groups is 1. The Morgan fingerprint density at radius 1 is 1.30 bits per heavy atom. The minimum Gasteiger partial charge on any atom is -0.449 e. The van der Waals surface area contributed by atoms with Crippen LogP contribution in [0.3, 0.4) is 0 Å². The van der Waals surface area contributed by atoms with Gasteiger partial charge in [0.2, 0.25) is 0 Å². The molecule has 0 heterocycles. The maximum Gasteiger partial charge on any atom is 0.340 e. The Bertz CT molecular complexity index is 609. The Morgan fingerprint density at radius 3 is 2.45 bits per heavy atom. The molecule has 20 heavy (non-hydrogen) atoms. The van der Waals surface area contributed by atoms with Gasteiger partial charge in [0.1, 0.15) is 0 Å². The molecule has 0 aliphatic rings. The van der Waals surface area contributed by atoms with E-state index in [-0.39, 0.29) is 10.5 Å². The van der Waals surface area contributed by atoms with Gasteiger partial charge in [0.05, 0.1) is 10.5 Å². The van der Waals surface area contributed by atoms with Crippen molar-refractivity contribution < 1.29 is 22.7 Å². The van der Waals surface area contributed by atoms with Crippen LogP contribution >= 0.6 is 0 Å². The molecule has 1 aromatic carbocycles. The number of amides is 1. The highest BCUT2D eigenvalue weighted by Gasteiger charge is 2.23. The van der Waals surface area contributed by atoms with E-state index in [1.54, 1.807) is 6.92 Å². The first-order valence-electron chi connectivity index (χ1n) is 6.05. The lowest BCUT2D eigenvalue weighted by Crippen LogP contribution is -2.35. The number of esters is 1. The minimum atomic E-state index is -3.55. The molecule has 0 aliphatic carbocycles. The summed E-state index contributed by atoms with van der Waals surface area (Å²) in [5, 5.41) is 2.51. The van der Waals surface area contributed by atoms with Crippen LogP contribution in [0.1, 0.15) is 24.2 Å². The van der Waals surface area contributed by atoms with Crippen LogP contribution in [0.4, 0.5) is 0 Å². The lowest BCUT2D eigenvalue weighted by Gasteiger charge is -2.13. The van der Waals surface area contributed by atoms with E-state index in [0.29, 0.717) is 6.54 Å². The molecule has 0 spiro atoms. The zero-order valence-corrected chi connectivity index (χ0v) is 12.4. The molecule has 0 aliphatic heterocycles. The molecule has 0 radical (unpaired) electrons. The number of rotatable bonds is 5. The van der Waals surface area contributed by atoms with E-state index >= 15 is 0 Å². The number of nitrogens with one attached hydrogen (secondary N) is 1. The second kappa shape index (κ2) is 6.51. The van der Waals surface area contributed by atoms with Gasteiger partial charge in [-0.3, -0.25) is 4.79 Å². The minimum absolute atomic E-state index is 0.0776. The second-order valence-electron chi connectivity index (χ2n) is 4.21. The van der Waals surface area contributed by atoms with Crippen molar-refractivity contribution in [2.24, 2.45) is 0 Å². The van der Waals surface area contributed by atoms with Crippen LogP contribution in [0.25, 0.3) is 0 Å². The maximum atomic E-state index is 12.0. The Kier molecular flexibility index (Phi) is 5.26. The van der Waals surface area contributed by atoms with Crippen molar-refractivity contribution in [3.05, 3.63) is 29.8 Å². The molecule has 0 saturated heterocycles. The van der Waals surface area contributed by atoms with E-state index < -0.39 is 27.8 Å². The molecule has 1 amide bonds. The fraction of sp³-hybridized carbons (Fsp3) is 0.385. The lowest BCUT2D eigenvalue weighted by molar-refractivity contribution is -0.128. The Hall–Kier alpha value is -1.89. The summed E-state index contributed by atoms with van der Waals surface area (Å²) in [6.45, 7) is 3.58. The van der Waals surface area contributed by atoms with Crippen LogP contribution in [0.2, 0.25) is 0 Å². The largest absolute Gasteiger partial charge is 0.449 e. The van der Waals surface area contributed by atoms with Crippen molar-refractivity contribution in [3.63, 3.8) is 0 Å². The van der Waals surface area contributed by atoms with Crippen molar-refractivity contribution in [1.29, 1.82) is 0 Å². The number of carbonyl (C=O) groups excluding carboxylic acids is 2. The second-order valence-corrected chi connectivity index (χ2v) is 6.19. The molecule has 0 fully saturated rings. The molecule has 1 rings (SSSR count). The fourth-order valence-corrected chi connectivity index (χ4v) is 2.43. The number of ether oxygens (including phenoxy) is 1. The first-order valence-corrected chi connectivity index (χ1v) is 7.94. The SMILES string of the molecule is CCNC(=O)[C@H](C)OC(=O)c1ccccc1S(C)(=O)=O. The zero-order chi connectivity index (χ0) is 15.3. The molecule has 1 atom stereocenters. The smallest absolute Gasteiger partial charge is 0.340 e. The normalized spacial score (nSPS) is 12.6. The van der Waals surface area contributed by atoms with E-state index in [0.717, 1.165) is 6.26 Å². The van der Waals surface area contributed by atoms with Crippen LogP contribution in [0, 0.1) is 0 Å². The average Bonchev–Trinajstić information content (AvgIpc) is 2.37. The fourth-order valence-electron chi connectivity index (χ4n) is 1.55. The number of hydrogen-bond acceptors (Lipinski definition) is 5. The van der Waals surface area contributed by atoms with Crippen LogP contribution in [0.5, 0.6) is 0 Å². The number of likely N-dealkylation sites (N-methyl/N-ethyl adjacent to an activating group) is 1. The Morgan fingerprint density at radius 2 is 1.90 bits per heavy atom. The lowest BCUT2D eigenvalue weighted by atomic mass is 10.2. The summed E-state index contributed by atoms with van der Waals surface area (Å²) in [5.74, 6) is -1.28. The van der Waals surface area contributed by atoms with E-state index in [9.17, 15) is 18.0 Å². The van der Waals surface area contributed by atoms with Crippen LogP contribution in [0.15, 0.2) is 29.2 Å². The predicted octanol–water partition coefficient (Wildman–Crippen LogP) is 0.772. The third-order valence-corrected chi connectivity index (χ3v) is 3.67. The predicted molar refractivity (Wildman–Crippen MR) is 73.1 cm³/mol. The van der Waals surface area contributed by atoms with Gasteiger partial charge < -0.3 is 10.1 Å². The Labute approximate surface area is 118 Å². The van der Waals surface area contributed by atoms with Crippen LogP contribution < -0.4 is 5.32 Å². The van der Waals surface area contributed by atoms with Gasteiger partial charge in [-0.1, -0.05) is 12.1 Å². The summed E-state index contributed by atoms with van der Waals surface area (Å²) in [5.41, 5.74) is -0.0776. The molecule has 0 saturated carbocycles. The summed E-state index contributed by atoms with van der Waals surface area (Å²) in [6, 6.07) is 5.72. The Balaban J connectivity index is 2.97. The summed E-state index contributed by atoms with van der Waals surface area (Å²) >= 11 is 0. The van der Waals surface area contributed by atoms with E-state index in [2.05, 4.69) is 5.32 Å². The highest BCUT2D eigenvalue weighted by atomic mass is 32.2. The average molecular weight is 299 g/mol. The summed E-state index contributed by atoms with van der Waals surface area (Å²) in [4.78, 5) is 23.3. The van der Waals surface area contributed by atoms with Crippen molar-refractivity contribution in [3.8, 4) is 0 Å². The van der Waals surface area contributed by atoms with Crippen molar-refractivity contribution in [1.82, 2.24) is 5.32 Å². The number of hydrogen-bond donors (Lipinski definition) is 1. The summed E-state index contributed by atoms with van der Waals surface area (Å²) in [7, 11) is -3.55. The highest BCUT2D eigenvalue weighted by molar-refractivity contribution is 7.90. The molecule has 7 heteroatoms. The summed E-state index contributed by atoms with van der Waals surface area (Å²) < 4.78 is 28.2. The first kappa shape index (κ1) is 16.2. The molecule has 1 aromatic rings. The van der Waals surface area contributed by atoms with E-state index in [1.165, 1.54) is 31.2 Å². The molecular weight excluding hydrogens is 282 g/mol. The topological polar surface area (TPSA) is 89.5 Å². The van der Waals surface area contributed by atoms with Crippen LogP contribution in [-0.2, 0) is 19.4 Å². The quantitative estimate of drug-likeness (QED) is 0.811. The zero-order valence-electron chi connectivity index (χ0n) is 11.5. The maximum absolute atomic E-state index is 12.0. The third-order valence-electron chi connectivity index (χ3n) is 2.51. The number of benzene rings is 1. The van der Waals surface area contributed by atoms with Crippen molar-refractivity contribution >= 4 is 21.7 Å².